The van der Waals surface area contributed by atoms with Crippen molar-refractivity contribution in [2.24, 2.45) is 0 Å². The van der Waals surface area contributed by atoms with Gasteiger partial charge in [0.2, 0.25) is 0 Å². The highest BCUT2D eigenvalue weighted by Gasteiger charge is 2.51. The summed E-state index contributed by atoms with van der Waals surface area (Å²) >= 11 is 0. The van der Waals surface area contributed by atoms with Gasteiger partial charge >= 0.3 is 0 Å². The molecule has 0 radical (unpaired) electrons. The molecule has 0 unspecified atom stereocenters. The number of likely N-dealkylation sites (N-methyl/N-ethyl adjacent to an activating group) is 1. The minimum Gasteiger partial charge on any atom is -0.389 e. The minimum absolute atomic E-state index is 0.224. The Morgan fingerprint density at radius 3 is 2.07 bits per heavy atom. The summed E-state index contributed by atoms with van der Waals surface area (Å²) in [5.41, 5.74) is -0.681. The van der Waals surface area contributed by atoms with E-state index in [2.05, 4.69) is 6.07 Å². The Bertz CT molecular complexity index is 236. The Hall–Kier alpha value is -0.590. The van der Waals surface area contributed by atoms with Crippen molar-refractivity contribution < 1.29 is 5.11 Å². The van der Waals surface area contributed by atoms with Crippen LogP contribution in [-0.2, 0) is 0 Å². The first-order valence-electron chi connectivity index (χ1n) is 5.45. The van der Waals surface area contributed by atoms with Crippen LogP contribution in [0.15, 0.2) is 0 Å². The number of hydrogen-bond donors (Lipinski definition) is 1. The van der Waals surface area contributed by atoms with Gasteiger partial charge in [-0.25, -0.2) is 0 Å². The second kappa shape index (κ2) is 3.88. The molecule has 0 saturated heterocycles. The molecule has 2 aliphatic rings. The van der Waals surface area contributed by atoms with Crippen LogP contribution in [0.5, 0.6) is 0 Å². The topological polar surface area (TPSA) is 47.3 Å². The lowest BCUT2D eigenvalue weighted by atomic mass is 10.2. The number of β-amino-alcohol motifs (C(OH)–C–C–N with tert-alkyl or cyclic N) is 1. The molecule has 1 N–H and O–H groups in total. The van der Waals surface area contributed by atoms with Gasteiger partial charge in [0.1, 0.15) is 5.54 Å². The zero-order chi connectivity index (χ0) is 10.8. The molecule has 3 heteroatoms. The number of aliphatic hydroxyl groups is 1. The number of nitriles is 1. The van der Waals surface area contributed by atoms with Gasteiger partial charge in [-0.3, -0.25) is 4.90 Å². The SMILES string of the molecule is CC.CN(CC1(O)CC1)C1(C#N)CC1. The van der Waals surface area contributed by atoms with Crippen molar-refractivity contribution in [3.63, 3.8) is 0 Å². The molecule has 2 fully saturated rings. The van der Waals surface area contributed by atoms with Crippen LogP contribution in [0, 0.1) is 11.3 Å². The maximum Gasteiger partial charge on any atom is 0.109 e. The van der Waals surface area contributed by atoms with Crippen LogP contribution < -0.4 is 0 Å². The molecule has 0 heterocycles. The van der Waals surface area contributed by atoms with Crippen LogP contribution in [0.3, 0.4) is 0 Å². The van der Waals surface area contributed by atoms with E-state index in [-0.39, 0.29) is 5.54 Å². The second-order valence-corrected chi connectivity index (χ2v) is 4.22. The van der Waals surface area contributed by atoms with E-state index in [1.807, 2.05) is 25.8 Å². The van der Waals surface area contributed by atoms with Crippen LogP contribution in [0.4, 0.5) is 0 Å². The lowest BCUT2D eigenvalue weighted by molar-refractivity contribution is 0.0895. The molecule has 3 nitrogen and oxygen atoms in total. The average molecular weight is 196 g/mol. The summed E-state index contributed by atoms with van der Waals surface area (Å²) in [5.74, 6) is 0. The van der Waals surface area contributed by atoms with Crippen molar-refractivity contribution >= 4 is 0 Å². The average Bonchev–Trinajstić information content (AvgIpc) is 3.06. The Morgan fingerprint density at radius 1 is 1.29 bits per heavy atom. The van der Waals surface area contributed by atoms with Gasteiger partial charge in [-0.15, -0.1) is 0 Å². The molecule has 2 rings (SSSR count). The van der Waals surface area contributed by atoms with Crippen molar-refractivity contribution in [1.29, 1.82) is 5.26 Å². The van der Waals surface area contributed by atoms with Crippen LogP contribution in [0.25, 0.3) is 0 Å². The lowest BCUT2D eigenvalue weighted by Gasteiger charge is -2.24. The third-order valence-electron chi connectivity index (χ3n) is 3.02. The van der Waals surface area contributed by atoms with E-state index in [9.17, 15) is 5.11 Å². The van der Waals surface area contributed by atoms with Crippen molar-refractivity contribution in [2.75, 3.05) is 13.6 Å². The third-order valence-corrected chi connectivity index (χ3v) is 3.02. The monoisotopic (exact) mass is 196 g/mol. The summed E-state index contributed by atoms with van der Waals surface area (Å²) in [7, 11) is 1.94. The van der Waals surface area contributed by atoms with Gasteiger partial charge in [0.15, 0.2) is 0 Å². The summed E-state index contributed by atoms with van der Waals surface area (Å²) in [4.78, 5) is 2.01. The largest absolute Gasteiger partial charge is 0.389 e. The molecule has 2 saturated carbocycles. The molecule has 0 aliphatic heterocycles. The van der Waals surface area contributed by atoms with Gasteiger partial charge in [-0.1, -0.05) is 13.8 Å². The summed E-state index contributed by atoms with van der Waals surface area (Å²) in [5, 5.41) is 18.5. The van der Waals surface area contributed by atoms with Crippen LogP contribution >= 0.6 is 0 Å². The fourth-order valence-electron chi connectivity index (χ4n) is 1.59. The van der Waals surface area contributed by atoms with Gasteiger partial charge in [-0.05, 0) is 32.7 Å². The van der Waals surface area contributed by atoms with Crippen molar-refractivity contribution in [2.45, 2.75) is 50.7 Å². The predicted molar refractivity (Wildman–Crippen MR) is 55.7 cm³/mol. The zero-order valence-electron chi connectivity index (χ0n) is 9.38. The molecule has 0 spiro atoms. The Morgan fingerprint density at radius 2 is 1.79 bits per heavy atom. The summed E-state index contributed by atoms with van der Waals surface area (Å²) < 4.78 is 0. The van der Waals surface area contributed by atoms with Crippen molar-refractivity contribution in [1.82, 2.24) is 4.90 Å². The summed E-state index contributed by atoms with van der Waals surface area (Å²) in [6.07, 6.45) is 3.74. The molecule has 0 aromatic rings. The van der Waals surface area contributed by atoms with E-state index in [1.54, 1.807) is 0 Å². The fourth-order valence-corrected chi connectivity index (χ4v) is 1.59. The van der Waals surface area contributed by atoms with Crippen LogP contribution in [0.1, 0.15) is 39.5 Å². The van der Waals surface area contributed by atoms with E-state index in [1.165, 1.54) is 0 Å². The highest BCUT2D eigenvalue weighted by molar-refractivity contribution is 5.19. The molecular weight excluding hydrogens is 176 g/mol. The Balaban J connectivity index is 0.000000461. The highest BCUT2D eigenvalue weighted by atomic mass is 16.3. The maximum atomic E-state index is 9.63. The summed E-state index contributed by atoms with van der Waals surface area (Å²) in [6, 6.07) is 2.32. The normalized spacial score (nSPS) is 24.6. The van der Waals surface area contributed by atoms with E-state index in [4.69, 9.17) is 5.26 Å². The molecule has 80 valence electrons. The fraction of sp³-hybridized carbons (Fsp3) is 0.909. The van der Waals surface area contributed by atoms with E-state index >= 15 is 0 Å². The molecule has 0 aromatic carbocycles. The van der Waals surface area contributed by atoms with Crippen LogP contribution in [-0.4, -0.2) is 34.7 Å². The quantitative estimate of drug-likeness (QED) is 0.744. The first kappa shape index (κ1) is 11.5. The predicted octanol–water partition coefficient (Wildman–Crippen LogP) is 1.53. The van der Waals surface area contributed by atoms with Gasteiger partial charge < -0.3 is 5.11 Å². The highest BCUT2D eigenvalue weighted by Crippen LogP contribution is 2.44. The molecular formula is C11H20N2O. The van der Waals surface area contributed by atoms with E-state index < -0.39 is 5.60 Å². The minimum atomic E-state index is -0.457. The van der Waals surface area contributed by atoms with E-state index in [0.717, 1.165) is 25.7 Å². The standard InChI is InChI=1S/C9H14N2O.C2H6/c1-11(7-9(12)4-5-9)8(6-10)2-3-8;1-2/h12H,2-5,7H2,1H3;1-2H3. The summed E-state index contributed by atoms with van der Waals surface area (Å²) in [6.45, 7) is 4.67. The molecule has 0 bridgehead atoms. The molecule has 0 aromatic heterocycles. The second-order valence-electron chi connectivity index (χ2n) is 4.22. The van der Waals surface area contributed by atoms with Crippen molar-refractivity contribution in [3.8, 4) is 6.07 Å². The molecule has 2 aliphatic carbocycles. The number of rotatable bonds is 3. The van der Waals surface area contributed by atoms with Gasteiger partial charge in [0.25, 0.3) is 0 Å². The van der Waals surface area contributed by atoms with Gasteiger partial charge in [0.05, 0.1) is 11.7 Å². The maximum absolute atomic E-state index is 9.63. The Labute approximate surface area is 86.3 Å². The number of hydrogen-bond acceptors (Lipinski definition) is 3. The molecule has 0 amide bonds. The van der Waals surface area contributed by atoms with Crippen LogP contribution in [0.2, 0.25) is 0 Å². The van der Waals surface area contributed by atoms with E-state index in [0.29, 0.717) is 6.54 Å². The first-order valence-corrected chi connectivity index (χ1v) is 5.45. The third kappa shape index (κ3) is 2.26. The Kier molecular flexibility index (Phi) is 3.18. The molecule has 0 atom stereocenters. The number of nitrogens with zero attached hydrogens (tertiary/aromatic N) is 2. The smallest absolute Gasteiger partial charge is 0.109 e. The van der Waals surface area contributed by atoms with Gasteiger partial charge in [0, 0.05) is 6.54 Å². The molecule has 14 heavy (non-hydrogen) atoms. The zero-order valence-corrected chi connectivity index (χ0v) is 9.38. The lowest BCUT2D eigenvalue weighted by Crippen LogP contribution is -2.39. The van der Waals surface area contributed by atoms with Gasteiger partial charge in [-0.2, -0.15) is 5.26 Å². The first-order chi connectivity index (χ1) is 6.60. The van der Waals surface area contributed by atoms with Crippen molar-refractivity contribution in [3.05, 3.63) is 0 Å².